The summed E-state index contributed by atoms with van der Waals surface area (Å²) >= 11 is 0. The number of benzene rings is 1. The quantitative estimate of drug-likeness (QED) is 0.898. The highest BCUT2D eigenvalue weighted by Gasteiger charge is 2.39. The number of aliphatic carboxylic acids is 1. The number of carbonyl (C=O) groups is 2. The SMILES string of the molecule is CC(NC(=O)C1CC(C(=O)O)C1)c1ccc2c(c1)CCCC2. The molecule has 0 saturated heterocycles. The van der Waals surface area contributed by atoms with Gasteiger partial charge in [-0.15, -0.1) is 0 Å². The van der Waals surface area contributed by atoms with E-state index in [4.69, 9.17) is 5.11 Å². The van der Waals surface area contributed by atoms with Crippen LogP contribution in [-0.4, -0.2) is 17.0 Å². The molecule has 1 atom stereocenters. The van der Waals surface area contributed by atoms with Crippen molar-refractivity contribution < 1.29 is 14.7 Å². The molecular formula is C18H23NO3. The summed E-state index contributed by atoms with van der Waals surface area (Å²) in [5.41, 5.74) is 4.00. The second-order valence-corrected chi connectivity index (χ2v) is 6.67. The van der Waals surface area contributed by atoms with Crippen molar-refractivity contribution in [1.82, 2.24) is 5.32 Å². The summed E-state index contributed by atoms with van der Waals surface area (Å²) in [6.07, 6.45) is 5.75. The van der Waals surface area contributed by atoms with E-state index in [2.05, 4.69) is 23.5 Å². The Hall–Kier alpha value is -1.84. The third-order valence-corrected chi connectivity index (χ3v) is 5.09. The molecule has 0 aromatic heterocycles. The lowest BCUT2D eigenvalue weighted by atomic mass is 9.74. The molecule has 0 aliphatic heterocycles. The van der Waals surface area contributed by atoms with E-state index < -0.39 is 5.97 Å². The Morgan fingerprint density at radius 1 is 1.14 bits per heavy atom. The fourth-order valence-electron chi connectivity index (χ4n) is 3.47. The molecule has 2 aliphatic carbocycles. The van der Waals surface area contributed by atoms with Crippen molar-refractivity contribution in [1.29, 1.82) is 0 Å². The van der Waals surface area contributed by atoms with Gasteiger partial charge in [-0.3, -0.25) is 9.59 Å². The lowest BCUT2D eigenvalue weighted by Crippen LogP contribution is -2.42. The summed E-state index contributed by atoms with van der Waals surface area (Å²) in [6, 6.07) is 6.50. The number of amides is 1. The summed E-state index contributed by atoms with van der Waals surface area (Å²) in [4.78, 5) is 23.0. The van der Waals surface area contributed by atoms with E-state index in [0.717, 1.165) is 18.4 Å². The molecule has 1 amide bonds. The lowest BCUT2D eigenvalue weighted by Gasteiger charge is -2.32. The van der Waals surface area contributed by atoms with Crippen molar-refractivity contribution >= 4 is 11.9 Å². The molecule has 0 heterocycles. The lowest BCUT2D eigenvalue weighted by molar-refractivity contribution is -0.148. The highest BCUT2D eigenvalue weighted by molar-refractivity contribution is 5.83. The van der Waals surface area contributed by atoms with Gasteiger partial charge in [-0.25, -0.2) is 0 Å². The van der Waals surface area contributed by atoms with Crippen molar-refractivity contribution in [3.63, 3.8) is 0 Å². The molecule has 4 nitrogen and oxygen atoms in total. The van der Waals surface area contributed by atoms with Crippen LogP contribution in [0.25, 0.3) is 0 Å². The Kier molecular flexibility index (Phi) is 4.19. The van der Waals surface area contributed by atoms with Crippen LogP contribution in [-0.2, 0) is 22.4 Å². The number of nitrogens with one attached hydrogen (secondary N) is 1. The molecule has 4 heteroatoms. The number of carboxylic acid groups (broad SMARTS) is 1. The van der Waals surface area contributed by atoms with Gasteiger partial charge in [0.05, 0.1) is 12.0 Å². The molecule has 1 saturated carbocycles. The van der Waals surface area contributed by atoms with Crippen LogP contribution >= 0.6 is 0 Å². The van der Waals surface area contributed by atoms with Crippen molar-refractivity contribution in [3.8, 4) is 0 Å². The summed E-state index contributed by atoms with van der Waals surface area (Å²) in [7, 11) is 0. The van der Waals surface area contributed by atoms with Crippen LogP contribution in [0.3, 0.4) is 0 Å². The first-order valence-corrected chi connectivity index (χ1v) is 8.19. The summed E-state index contributed by atoms with van der Waals surface area (Å²) in [6.45, 7) is 2.00. The molecule has 118 valence electrons. The number of carboxylic acids is 1. The number of fused-ring (bicyclic) bond motifs is 1. The maximum Gasteiger partial charge on any atom is 0.306 e. The van der Waals surface area contributed by atoms with Gasteiger partial charge in [0, 0.05) is 5.92 Å². The maximum atomic E-state index is 12.2. The first-order chi connectivity index (χ1) is 10.5. The predicted octanol–water partition coefficient (Wildman–Crippen LogP) is 2.85. The molecule has 0 bridgehead atoms. The first-order valence-electron chi connectivity index (χ1n) is 8.19. The van der Waals surface area contributed by atoms with Gasteiger partial charge in [-0.05, 0) is 62.1 Å². The van der Waals surface area contributed by atoms with E-state index in [1.54, 1.807) is 0 Å². The molecular weight excluding hydrogens is 278 g/mol. The first kappa shape index (κ1) is 15.1. The smallest absolute Gasteiger partial charge is 0.306 e. The van der Waals surface area contributed by atoms with Gasteiger partial charge in [-0.2, -0.15) is 0 Å². The van der Waals surface area contributed by atoms with Crippen LogP contribution in [0.15, 0.2) is 18.2 Å². The number of rotatable bonds is 4. The minimum atomic E-state index is -0.785. The standard InChI is InChI=1S/C18H23NO3/c1-11(19-17(20)15-9-16(10-15)18(21)22)13-7-6-12-4-2-3-5-14(12)8-13/h6-8,11,15-16H,2-5,9-10H2,1H3,(H,19,20)(H,21,22). The molecule has 1 aromatic carbocycles. The minimum absolute atomic E-state index is 0.0114. The van der Waals surface area contributed by atoms with Gasteiger partial charge in [0.2, 0.25) is 5.91 Å². The van der Waals surface area contributed by atoms with Gasteiger partial charge < -0.3 is 10.4 Å². The summed E-state index contributed by atoms with van der Waals surface area (Å²) in [5.74, 6) is -1.27. The highest BCUT2D eigenvalue weighted by atomic mass is 16.4. The van der Waals surface area contributed by atoms with Crippen LogP contribution in [0.1, 0.15) is 55.3 Å². The topological polar surface area (TPSA) is 66.4 Å². The third kappa shape index (κ3) is 3.01. The van der Waals surface area contributed by atoms with Crippen LogP contribution in [0.2, 0.25) is 0 Å². The fourth-order valence-corrected chi connectivity index (χ4v) is 3.47. The van der Waals surface area contributed by atoms with Crippen molar-refractivity contribution in [2.45, 2.75) is 51.5 Å². The summed E-state index contributed by atoms with van der Waals surface area (Å²) < 4.78 is 0. The van der Waals surface area contributed by atoms with E-state index in [-0.39, 0.29) is 23.8 Å². The zero-order chi connectivity index (χ0) is 15.7. The van der Waals surface area contributed by atoms with Crippen LogP contribution in [0, 0.1) is 11.8 Å². The van der Waals surface area contributed by atoms with E-state index in [1.807, 2.05) is 6.92 Å². The average Bonchev–Trinajstić information content (AvgIpc) is 2.44. The average molecular weight is 301 g/mol. The van der Waals surface area contributed by atoms with E-state index >= 15 is 0 Å². The Labute approximate surface area is 130 Å². The molecule has 3 rings (SSSR count). The Morgan fingerprint density at radius 2 is 1.82 bits per heavy atom. The Morgan fingerprint density at radius 3 is 2.50 bits per heavy atom. The second kappa shape index (κ2) is 6.11. The Balaban J connectivity index is 1.59. The summed E-state index contributed by atoms with van der Waals surface area (Å²) in [5, 5.41) is 11.9. The highest BCUT2D eigenvalue weighted by Crippen LogP contribution is 2.34. The minimum Gasteiger partial charge on any atom is -0.481 e. The monoisotopic (exact) mass is 301 g/mol. The third-order valence-electron chi connectivity index (χ3n) is 5.09. The van der Waals surface area contributed by atoms with Gasteiger partial charge in [0.25, 0.3) is 0 Å². The molecule has 1 unspecified atom stereocenters. The van der Waals surface area contributed by atoms with Crippen LogP contribution < -0.4 is 5.32 Å². The fraction of sp³-hybridized carbons (Fsp3) is 0.556. The molecule has 0 radical (unpaired) electrons. The molecule has 0 spiro atoms. The van der Waals surface area contributed by atoms with Crippen molar-refractivity contribution in [2.75, 3.05) is 0 Å². The van der Waals surface area contributed by atoms with Gasteiger partial charge >= 0.3 is 5.97 Å². The number of hydrogen-bond acceptors (Lipinski definition) is 2. The number of aryl methyl sites for hydroxylation is 2. The van der Waals surface area contributed by atoms with Crippen LogP contribution in [0.5, 0.6) is 0 Å². The van der Waals surface area contributed by atoms with Crippen molar-refractivity contribution in [2.24, 2.45) is 11.8 Å². The molecule has 2 aliphatic rings. The molecule has 1 aromatic rings. The second-order valence-electron chi connectivity index (χ2n) is 6.67. The predicted molar refractivity (Wildman–Crippen MR) is 83.5 cm³/mol. The molecule has 2 N–H and O–H groups in total. The van der Waals surface area contributed by atoms with Gasteiger partial charge in [-0.1, -0.05) is 18.2 Å². The normalized spacial score (nSPS) is 24.8. The number of carbonyl (C=O) groups excluding carboxylic acids is 1. The zero-order valence-electron chi connectivity index (χ0n) is 13.0. The van der Waals surface area contributed by atoms with Crippen LogP contribution in [0.4, 0.5) is 0 Å². The Bertz CT molecular complexity index is 590. The molecule has 1 fully saturated rings. The molecule has 22 heavy (non-hydrogen) atoms. The maximum absolute atomic E-state index is 12.2. The van der Waals surface area contributed by atoms with Crippen molar-refractivity contribution in [3.05, 3.63) is 34.9 Å². The van der Waals surface area contributed by atoms with E-state index in [9.17, 15) is 9.59 Å². The largest absolute Gasteiger partial charge is 0.481 e. The number of hydrogen-bond donors (Lipinski definition) is 2. The van der Waals surface area contributed by atoms with Gasteiger partial charge in [0.1, 0.15) is 0 Å². The van der Waals surface area contributed by atoms with E-state index in [0.29, 0.717) is 12.8 Å². The zero-order valence-corrected chi connectivity index (χ0v) is 13.0. The van der Waals surface area contributed by atoms with E-state index in [1.165, 1.54) is 24.0 Å². The van der Waals surface area contributed by atoms with Gasteiger partial charge in [0.15, 0.2) is 0 Å².